The summed E-state index contributed by atoms with van der Waals surface area (Å²) in [6.45, 7) is 6.26. The molecule has 2 N–H and O–H groups in total. The summed E-state index contributed by atoms with van der Waals surface area (Å²) in [6.07, 6.45) is 9.95. The van der Waals surface area contributed by atoms with Gasteiger partial charge >= 0.3 is 5.69 Å². The van der Waals surface area contributed by atoms with E-state index in [1.807, 2.05) is 25.1 Å². The standard InChI is InChI=1S/C45H56N10O6S/c1-29-25-35(12-13-36(29)47-44-46-26-31-11-16-40(57)54(42(31)49-44)34-8-4-5-9-34)62(60,61)53-23-17-30(18-24-53)27-50(2)33-19-21-52(22-20-33)28-32-7-6-10-37-41(32)51(3)45(59)55(37)38-14-15-39(56)48-43(38)58/h6-7,10-13,16,25-26,30,33-34,38H,4-5,8-9,14-15,17-24,27-28H2,1-3H3,(H,46,47,49)(H,48,56,58). The number of imidazole rings is 1. The topological polar surface area (TPSA) is 177 Å². The number of carbonyl (C=O) groups is 2. The number of pyridine rings is 1. The third kappa shape index (κ3) is 8.11. The molecule has 6 heterocycles. The molecule has 3 aromatic heterocycles. The Balaban J connectivity index is 0.776. The van der Waals surface area contributed by atoms with Crippen molar-refractivity contribution < 1.29 is 18.0 Å². The fraction of sp³-hybridized carbons (Fsp3) is 0.511. The van der Waals surface area contributed by atoms with Crippen molar-refractivity contribution in [2.45, 2.75) is 101 Å². The van der Waals surface area contributed by atoms with Gasteiger partial charge in [-0.2, -0.15) is 9.29 Å². The summed E-state index contributed by atoms with van der Waals surface area (Å²) in [5.74, 6) is 0.0154. The van der Waals surface area contributed by atoms with Crippen molar-refractivity contribution in [1.29, 1.82) is 0 Å². The molecule has 0 spiro atoms. The van der Waals surface area contributed by atoms with Crippen molar-refractivity contribution in [3.63, 3.8) is 0 Å². The quantitative estimate of drug-likeness (QED) is 0.178. The Labute approximate surface area is 361 Å². The van der Waals surface area contributed by atoms with E-state index < -0.39 is 22.0 Å². The molecule has 2 aromatic carbocycles. The zero-order chi connectivity index (χ0) is 43.3. The van der Waals surface area contributed by atoms with Gasteiger partial charge in [-0.1, -0.05) is 25.0 Å². The first-order valence-corrected chi connectivity index (χ1v) is 23.5. The molecular weight excluding hydrogens is 809 g/mol. The summed E-state index contributed by atoms with van der Waals surface area (Å²) in [7, 11) is 0.245. The maximum atomic E-state index is 13.9. The Morgan fingerprint density at radius 3 is 2.37 bits per heavy atom. The highest BCUT2D eigenvalue weighted by atomic mass is 32.2. The van der Waals surface area contributed by atoms with Gasteiger partial charge in [-0.3, -0.25) is 38.3 Å². The molecule has 3 saturated heterocycles. The summed E-state index contributed by atoms with van der Waals surface area (Å²) in [5.41, 5.74) is 4.31. The number of aromatic nitrogens is 5. The van der Waals surface area contributed by atoms with Crippen molar-refractivity contribution in [1.82, 2.24) is 43.1 Å². The van der Waals surface area contributed by atoms with Gasteiger partial charge in [0, 0.05) is 75.1 Å². The SMILES string of the molecule is Cc1cc(S(=O)(=O)N2CCC(CN(C)C3CCN(Cc4cccc5c4n(C)c(=O)n5C4CCC(=O)NC4=O)CC3)CC2)ccc1Nc1ncc2ccc(=O)n(C3CCCC3)c2n1. The van der Waals surface area contributed by atoms with Crippen LogP contribution in [0, 0.1) is 12.8 Å². The van der Waals surface area contributed by atoms with Gasteiger partial charge in [0.25, 0.3) is 5.56 Å². The average molecular weight is 865 g/mol. The predicted octanol–water partition coefficient (Wildman–Crippen LogP) is 4.59. The van der Waals surface area contributed by atoms with Crippen molar-refractivity contribution in [3.8, 4) is 0 Å². The Hall–Kier alpha value is -5.23. The first kappa shape index (κ1) is 42.1. The van der Waals surface area contributed by atoms with E-state index in [4.69, 9.17) is 4.98 Å². The van der Waals surface area contributed by atoms with E-state index in [0.29, 0.717) is 60.8 Å². The van der Waals surface area contributed by atoms with Crippen LogP contribution in [0.4, 0.5) is 11.6 Å². The van der Waals surface area contributed by atoms with Crippen LogP contribution in [0.1, 0.15) is 87.4 Å². The highest BCUT2D eigenvalue weighted by molar-refractivity contribution is 7.89. The second-order valence-corrected chi connectivity index (χ2v) is 19.7. The summed E-state index contributed by atoms with van der Waals surface area (Å²) in [4.78, 5) is 65.2. The van der Waals surface area contributed by atoms with Gasteiger partial charge in [0.15, 0.2) is 0 Å². The minimum atomic E-state index is -3.69. The molecule has 1 atom stereocenters. The second kappa shape index (κ2) is 17.1. The number of hydrogen-bond acceptors (Lipinski definition) is 11. The number of benzene rings is 2. The molecule has 9 rings (SSSR count). The highest BCUT2D eigenvalue weighted by Crippen LogP contribution is 2.32. The van der Waals surface area contributed by atoms with E-state index >= 15 is 0 Å². The van der Waals surface area contributed by atoms with Crippen LogP contribution < -0.4 is 21.9 Å². The number of piperidine rings is 3. The van der Waals surface area contributed by atoms with Crippen LogP contribution in [0.3, 0.4) is 0 Å². The molecule has 1 saturated carbocycles. The number of nitrogens with one attached hydrogen (secondary N) is 2. The van der Waals surface area contributed by atoms with Crippen LogP contribution in [-0.2, 0) is 33.2 Å². The van der Waals surface area contributed by atoms with Crippen molar-refractivity contribution in [2.75, 3.05) is 45.1 Å². The first-order chi connectivity index (χ1) is 29.8. The van der Waals surface area contributed by atoms with E-state index in [0.717, 1.165) is 93.0 Å². The van der Waals surface area contributed by atoms with Gasteiger partial charge in [-0.15, -0.1) is 0 Å². The molecule has 1 unspecified atom stereocenters. The maximum absolute atomic E-state index is 13.9. The van der Waals surface area contributed by atoms with Gasteiger partial charge < -0.3 is 10.2 Å². The number of likely N-dealkylation sites (tertiary alicyclic amines) is 1. The van der Waals surface area contributed by atoms with Gasteiger partial charge in [0.2, 0.25) is 27.8 Å². The zero-order valence-electron chi connectivity index (χ0n) is 35.8. The normalized spacial score (nSPS) is 20.5. The molecule has 0 bridgehead atoms. The van der Waals surface area contributed by atoms with Crippen molar-refractivity contribution in [2.24, 2.45) is 13.0 Å². The minimum absolute atomic E-state index is 0.0602. The molecule has 17 heteroatoms. The molecule has 0 radical (unpaired) electrons. The molecule has 3 aliphatic heterocycles. The van der Waals surface area contributed by atoms with E-state index in [9.17, 15) is 27.6 Å². The van der Waals surface area contributed by atoms with Gasteiger partial charge in [0.05, 0.1) is 15.9 Å². The third-order valence-corrected chi connectivity index (χ3v) is 15.7. The minimum Gasteiger partial charge on any atom is -0.324 e. The lowest BCUT2D eigenvalue weighted by Crippen LogP contribution is -2.46. The lowest BCUT2D eigenvalue weighted by Gasteiger charge is -2.39. The molecule has 328 valence electrons. The Morgan fingerprint density at radius 2 is 1.65 bits per heavy atom. The lowest BCUT2D eigenvalue weighted by molar-refractivity contribution is -0.135. The molecular formula is C45H56N10O6S. The van der Waals surface area contributed by atoms with Gasteiger partial charge in [-0.05, 0) is 119 Å². The first-order valence-electron chi connectivity index (χ1n) is 22.1. The second-order valence-electron chi connectivity index (χ2n) is 17.8. The fourth-order valence-electron chi connectivity index (χ4n) is 10.3. The van der Waals surface area contributed by atoms with Crippen LogP contribution in [0.2, 0.25) is 0 Å². The number of para-hydroxylation sites is 1. The fourth-order valence-corrected chi connectivity index (χ4v) is 11.9. The molecule has 16 nitrogen and oxygen atoms in total. The number of fused-ring (bicyclic) bond motifs is 2. The summed E-state index contributed by atoms with van der Waals surface area (Å²) >= 11 is 0. The van der Waals surface area contributed by atoms with E-state index in [-0.39, 0.29) is 34.5 Å². The molecule has 1 aliphatic carbocycles. The van der Waals surface area contributed by atoms with Crippen LogP contribution in [-0.4, -0.2) is 104 Å². The number of sulfonamides is 1. The third-order valence-electron chi connectivity index (χ3n) is 13.8. The summed E-state index contributed by atoms with van der Waals surface area (Å²) in [5, 5.41) is 6.45. The van der Waals surface area contributed by atoms with E-state index in [1.165, 1.54) is 0 Å². The maximum Gasteiger partial charge on any atom is 0.329 e. The van der Waals surface area contributed by atoms with Gasteiger partial charge in [0.1, 0.15) is 11.7 Å². The molecule has 4 aliphatic rings. The number of amides is 2. The van der Waals surface area contributed by atoms with Crippen LogP contribution >= 0.6 is 0 Å². The number of nitrogens with zero attached hydrogens (tertiary/aromatic N) is 8. The average Bonchev–Trinajstić information content (AvgIpc) is 3.88. The van der Waals surface area contributed by atoms with Crippen LogP contribution in [0.15, 0.2) is 69.2 Å². The predicted molar refractivity (Wildman–Crippen MR) is 237 cm³/mol. The Kier molecular flexibility index (Phi) is 11.6. The number of hydrogen-bond donors (Lipinski definition) is 2. The van der Waals surface area contributed by atoms with Crippen molar-refractivity contribution in [3.05, 3.63) is 86.7 Å². The molecule has 62 heavy (non-hydrogen) atoms. The van der Waals surface area contributed by atoms with Crippen LogP contribution in [0.5, 0.6) is 0 Å². The lowest BCUT2D eigenvalue weighted by atomic mass is 9.95. The largest absolute Gasteiger partial charge is 0.329 e. The Morgan fingerprint density at radius 1 is 0.887 bits per heavy atom. The number of imide groups is 1. The van der Waals surface area contributed by atoms with E-state index in [2.05, 4.69) is 32.5 Å². The molecule has 2 amide bonds. The summed E-state index contributed by atoms with van der Waals surface area (Å²) in [6, 6.07) is 14.2. The number of aryl methyl sites for hydroxylation is 2. The van der Waals surface area contributed by atoms with Gasteiger partial charge in [-0.25, -0.2) is 18.2 Å². The summed E-state index contributed by atoms with van der Waals surface area (Å²) < 4.78 is 34.3. The number of carbonyl (C=O) groups excluding carboxylic acids is 2. The number of rotatable bonds is 11. The molecule has 5 aromatic rings. The zero-order valence-corrected chi connectivity index (χ0v) is 36.6. The smallest absolute Gasteiger partial charge is 0.324 e. The highest BCUT2D eigenvalue weighted by Gasteiger charge is 2.34. The Bertz CT molecular complexity index is 2760. The molecule has 4 fully saturated rings. The van der Waals surface area contributed by atoms with Crippen LogP contribution in [0.25, 0.3) is 22.1 Å². The number of anilines is 2. The van der Waals surface area contributed by atoms with E-state index in [1.54, 1.807) is 61.6 Å². The van der Waals surface area contributed by atoms with Crippen molar-refractivity contribution >= 4 is 55.5 Å². The monoisotopic (exact) mass is 864 g/mol.